The Labute approximate surface area is 92.3 Å². The number of amides is 2. The monoisotopic (exact) mass is 215 g/mol. The van der Waals surface area contributed by atoms with Crippen LogP contribution in [0.25, 0.3) is 0 Å². The molecule has 0 unspecified atom stereocenters. The maximum Gasteiger partial charge on any atom is 0.322 e. The number of nitrogens with zero attached hydrogens (tertiary/aromatic N) is 2. The summed E-state index contributed by atoms with van der Waals surface area (Å²) in [5.74, 6) is 0. The molecule has 1 aliphatic rings. The first-order valence-electron chi connectivity index (χ1n) is 4.77. The highest BCUT2D eigenvalue weighted by molar-refractivity contribution is 5.93. The SMILES string of the molecule is N#Cc1ccc2c(c1)CN(CC=O)C(=O)N2. The maximum absolute atomic E-state index is 11.5. The highest BCUT2D eigenvalue weighted by Gasteiger charge is 2.21. The van der Waals surface area contributed by atoms with Gasteiger partial charge in [0.25, 0.3) is 0 Å². The molecule has 1 aromatic carbocycles. The van der Waals surface area contributed by atoms with Gasteiger partial charge in [-0.2, -0.15) is 5.26 Å². The second-order valence-electron chi connectivity index (χ2n) is 3.46. The van der Waals surface area contributed by atoms with Crippen molar-refractivity contribution in [1.82, 2.24) is 4.90 Å². The summed E-state index contributed by atoms with van der Waals surface area (Å²) in [6.45, 7) is 0.414. The number of carbonyl (C=O) groups is 2. The van der Waals surface area contributed by atoms with Crippen LogP contribution in [0.5, 0.6) is 0 Å². The van der Waals surface area contributed by atoms with Crippen molar-refractivity contribution >= 4 is 18.0 Å². The van der Waals surface area contributed by atoms with Crippen LogP contribution in [0.4, 0.5) is 10.5 Å². The average molecular weight is 215 g/mol. The summed E-state index contributed by atoms with van der Waals surface area (Å²) in [6, 6.07) is 6.81. The van der Waals surface area contributed by atoms with Crippen molar-refractivity contribution in [3.05, 3.63) is 29.3 Å². The summed E-state index contributed by atoms with van der Waals surface area (Å²) < 4.78 is 0. The predicted octanol–water partition coefficient (Wildman–Crippen LogP) is 1.10. The van der Waals surface area contributed by atoms with Crippen LogP contribution in [0.2, 0.25) is 0 Å². The Morgan fingerprint density at radius 3 is 3.06 bits per heavy atom. The number of rotatable bonds is 2. The van der Waals surface area contributed by atoms with Crippen molar-refractivity contribution in [2.75, 3.05) is 11.9 Å². The topological polar surface area (TPSA) is 73.2 Å². The van der Waals surface area contributed by atoms with Gasteiger partial charge in [0.15, 0.2) is 0 Å². The molecule has 1 heterocycles. The fraction of sp³-hybridized carbons (Fsp3) is 0.182. The lowest BCUT2D eigenvalue weighted by Crippen LogP contribution is -2.39. The molecule has 0 radical (unpaired) electrons. The van der Waals surface area contributed by atoms with Gasteiger partial charge >= 0.3 is 6.03 Å². The molecule has 5 nitrogen and oxygen atoms in total. The molecule has 0 spiro atoms. The first-order chi connectivity index (χ1) is 7.74. The maximum atomic E-state index is 11.5. The molecule has 0 aliphatic carbocycles. The van der Waals surface area contributed by atoms with Gasteiger partial charge in [0, 0.05) is 12.2 Å². The zero-order valence-electron chi connectivity index (χ0n) is 8.43. The number of aldehydes is 1. The molecule has 16 heavy (non-hydrogen) atoms. The van der Waals surface area contributed by atoms with Crippen LogP contribution in [0.1, 0.15) is 11.1 Å². The summed E-state index contributed by atoms with van der Waals surface area (Å²) in [4.78, 5) is 23.3. The lowest BCUT2D eigenvalue weighted by Gasteiger charge is -2.27. The molecule has 5 heteroatoms. The fourth-order valence-corrected chi connectivity index (χ4v) is 1.63. The molecule has 1 aromatic rings. The minimum Gasteiger partial charge on any atom is -0.313 e. The first kappa shape index (κ1) is 10.2. The van der Waals surface area contributed by atoms with Gasteiger partial charge in [-0.25, -0.2) is 4.79 Å². The standard InChI is InChI=1S/C11H9N3O2/c12-6-8-1-2-10-9(5-8)7-14(3-4-15)11(16)13-10/h1-2,4-5H,3,7H2,(H,13,16). The number of hydrogen-bond donors (Lipinski definition) is 1. The Bertz CT molecular complexity index is 490. The molecule has 0 aromatic heterocycles. The number of nitriles is 1. The Morgan fingerprint density at radius 2 is 2.38 bits per heavy atom. The van der Waals surface area contributed by atoms with E-state index in [1.165, 1.54) is 4.90 Å². The van der Waals surface area contributed by atoms with Crippen molar-refractivity contribution in [2.24, 2.45) is 0 Å². The minimum absolute atomic E-state index is 0.0576. The normalized spacial score (nSPS) is 13.7. The Morgan fingerprint density at radius 1 is 1.56 bits per heavy atom. The van der Waals surface area contributed by atoms with Gasteiger partial charge in [0.05, 0.1) is 18.2 Å². The van der Waals surface area contributed by atoms with E-state index in [0.717, 1.165) is 5.56 Å². The number of hydrogen-bond acceptors (Lipinski definition) is 3. The highest BCUT2D eigenvalue weighted by Crippen LogP contribution is 2.23. The molecule has 1 N–H and O–H groups in total. The molecule has 2 rings (SSSR count). The van der Waals surface area contributed by atoms with Crippen molar-refractivity contribution in [1.29, 1.82) is 5.26 Å². The quantitative estimate of drug-likeness (QED) is 0.751. The summed E-state index contributed by atoms with van der Waals surface area (Å²) in [6.07, 6.45) is 0.679. The molecule has 0 bridgehead atoms. The van der Waals surface area contributed by atoms with Gasteiger partial charge < -0.3 is 15.0 Å². The van der Waals surface area contributed by atoms with Crippen molar-refractivity contribution < 1.29 is 9.59 Å². The number of nitrogens with one attached hydrogen (secondary N) is 1. The van der Waals surface area contributed by atoms with E-state index >= 15 is 0 Å². The second kappa shape index (κ2) is 4.03. The van der Waals surface area contributed by atoms with Gasteiger partial charge in [-0.05, 0) is 23.8 Å². The number of carbonyl (C=O) groups excluding carboxylic acids is 2. The first-order valence-corrected chi connectivity index (χ1v) is 4.77. The Kier molecular flexibility index (Phi) is 2.56. The molecule has 0 fully saturated rings. The van der Waals surface area contributed by atoms with E-state index in [0.29, 0.717) is 24.1 Å². The average Bonchev–Trinajstić information content (AvgIpc) is 2.30. The van der Waals surface area contributed by atoms with Crippen LogP contribution < -0.4 is 5.32 Å². The smallest absolute Gasteiger partial charge is 0.313 e. The summed E-state index contributed by atoms with van der Waals surface area (Å²) in [5.41, 5.74) is 2.09. The van der Waals surface area contributed by atoms with Gasteiger partial charge in [-0.3, -0.25) is 0 Å². The van der Waals surface area contributed by atoms with E-state index in [9.17, 15) is 9.59 Å². The van der Waals surface area contributed by atoms with Crippen LogP contribution in [0, 0.1) is 11.3 Å². The van der Waals surface area contributed by atoms with Crippen LogP contribution in [-0.2, 0) is 11.3 Å². The van der Waals surface area contributed by atoms with E-state index in [1.54, 1.807) is 18.2 Å². The lowest BCUT2D eigenvalue weighted by molar-refractivity contribution is -0.108. The number of anilines is 1. The predicted molar refractivity (Wildman–Crippen MR) is 56.6 cm³/mol. The van der Waals surface area contributed by atoms with Crippen molar-refractivity contribution in [3.8, 4) is 6.07 Å². The van der Waals surface area contributed by atoms with Crippen LogP contribution >= 0.6 is 0 Å². The largest absolute Gasteiger partial charge is 0.322 e. The highest BCUT2D eigenvalue weighted by atomic mass is 16.2. The van der Waals surface area contributed by atoms with Gasteiger partial charge in [0.2, 0.25) is 0 Å². The van der Waals surface area contributed by atoms with Crippen LogP contribution in [0.3, 0.4) is 0 Å². The fourth-order valence-electron chi connectivity index (χ4n) is 1.63. The third-order valence-corrected chi connectivity index (χ3v) is 2.42. The third-order valence-electron chi connectivity index (χ3n) is 2.42. The zero-order valence-corrected chi connectivity index (χ0v) is 8.43. The molecule has 80 valence electrons. The number of benzene rings is 1. The zero-order chi connectivity index (χ0) is 11.5. The van der Waals surface area contributed by atoms with Crippen LogP contribution in [-0.4, -0.2) is 23.8 Å². The van der Waals surface area contributed by atoms with E-state index in [4.69, 9.17) is 5.26 Å². The Hall–Kier alpha value is -2.35. The minimum atomic E-state index is -0.288. The molecular weight excluding hydrogens is 206 g/mol. The van der Waals surface area contributed by atoms with Crippen LogP contribution in [0.15, 0.2) is 18.2 Å². The third kappa shape index (κ3) is 1.73. The Balaban J connectivity index is 2.33. The second-order valence-corrected chi connectivity index (χ2v) is 3.46. The number of fused-ring (bicyclic) bond motifs is 1. The van der Waals surface area contributed by atoms with Crippen molar-refractivity contribution in [3.63, 3.8) is 0 Å². The molecule has 0 saturated heterocycles. The molecule has 0 saturated carbocycles. The summed E-state index contributed by atoms with van der Waals surface area (Å²) >= 11 is 0. The van der Waals surface area contributed by atoms with E-state index < -0.39 is 0 Å². The molecule has 1 aliphatic heterocycles. The molecule has 2 amide bonds. The van der Waals surface area contributed by atoms with Gasteiger partial charge in [-0.1, -0.05) is 0 Å². The van der Waals surface area contributed by atoms with Gasteiger partial charge in [0.1, 0.15) is 6.29 Å². The number of urea groups is 1. The molecular formula is C11H9N3O2. The summed E-state index contributed by atoms with van der Waals surface area (Å²) in [7, 11) is 0. The lowest BCUT2D eigenvalue weighted by atomic mass is 10.1. The van der Waals surface area contributed by atoms with E-state index in [2.05, 4.69) is 5.32 Å². The van der Waals surface area contributed by atoms with E-state index in [1.807, 2.05) is 6.07 Å². The summed E-state index contributed by atoms with van der Waals surface area (Å²) in [5, 5.41) is 11.4. The van der Waals surface area contributed by atoms with Gasteiger partial charge in [-0.15, -0.1) is 0 Å². The van der Waals surface area contributed by atoms with E-state index in [-0.39, 0.29) is 12.6 Å². The van der Waals surface area contributed by atoms with Crippen molar-refractivity contribution in [2.45, 2.75) is 6.54 Å². The molecule has 0 atom stereocenters.